The fraction of sp³-hybridized carbons (Fsp3) is 0.778. The van der Waals surface area contributed by atoms with Crippen LogP contribution in [0.2, 0.25) is 0 Å². The minimum Gasteiger partial charge on any atom is -0.480 e. The number of nitriles is 1. The van der Waals surface area contributed by atoms with Gasteiger partial charge in [-0.3, -0.25) is 4.79 Å². The van der Waals surface area contributed by atoms with Crippen LogP contribution in [0, 0.1) is 23.2 Å². The van der Waals surface area contributed by atoms with Crippen molar-refractivity contribution in [3.63, 3.8) is 0 Å². The first kappa shape index (κ1) is 9.05. The first-order valence-electron chi connectivity index (χ1n) is 4.38. The van der Waals surface area contributed by atoms with Gasteiger partial charge in [0, 0.05) is 0 Å². The summed E-state index contributed by atoms with van der Waals surface area (Å²) in [5.41, 5.74) is 0. The summed E-state index contributed by atoms with van der Waals surface area (Å²) in [6, 6.07) is 1.87. The van der Waals surface area contributed by atoms with Gasteiger partial charge in [0.2, 0.25) is 0 Å². The molecule has 0 spiro atoms. The quantitative estimate of drug-likeness (QED) is 0.682. The zero-order chi connectivity index (χ0) is 8.97. The van der Waals surface area contributed by atoms with E-state index in [0.29, 0.717) is 0 Å². The third kappa shape index (κ3) is 1.97. The third-order valence-corrected chi connectivity index (χ3v) is 2.53. The van der Waals surface area contributed by atoms with Crippen molar-refractivity contribution in [2.45, 2.75) is 32.1 Å². The molecule has 3 nitrogen and oxygen atoms in total. The molecule has 12 heavy (non-hydrogen) atoms. The van der Waals surface area contributed by atoms with E-state index in [9.17, 15) is 4.79 Å². The van der Waals surface area contributed by atoms with Crippen molar-refractivity contribution < 1.29 is 9.90 Å². The molecule has 1 N–H and O–H groups in total. The summed E-state index contributed by atoms with van der Waals surface area (Å²) in [6.45, 7) is 0. The standard InChI is InChI=1S/C9H13NO2/c10-6-8(9(11)12)7-4-2-1-3-5-7/h7-8H,1-5H2,(H,11,12)/t8-/m1/s1. The smallest absolute Gasteiger partial charge is 0.321 e. The molecule has 1 aliphatic carbocycles. The van der Waals surface area contributed by atoms with E-state index in [-0.39, 0.29) is 5.92 Å². The number of carboxylic acid groups (broad SMARTS) is 1. The Hall–Kier alpha value is -1.04. The van der Waals surface area contributed by atoms with Gasteiger partial charge in [0.25, 0.3) is 0 Å². The average molecular weight is 167 g/mol. The van der Waals surface area contributed by atoms with Crippen molar-refractivity contribution in [3.05, 3.63) is 0 Å². The van der Waals surface area contributed by atoms with Crippen molar-refractivity contribution in [1.29, 1.82) is 5.26 Å². The van der Waals surface area contributed by atoms with E-state index in [4.69, 9.17) is 10.4 Å². The van der Waals surface area contributed by atoms with Gasteiger partial charge in [0.15, 0.2) is 0 Å². The highest BCUT2D eigenvalue weighted by molar-refractivity contribution is 5.73. The Morgan fingerprint density at radius 1 is 1.42 bits per heavy atom. The molecule has 1 rings (SSSR count). The van der Waals surface area contributed by atoms with Crippen LogP contribution in [0.25, 0.3) is 0 Å². The normalized spacial score (nSPS) is 21.2. The van der Waals surface area contributed by atoms with Gasteiger partial charge in [-0.2, -0.15) is 5.26 Å². The molecule has 3 heteroatoms. The molecule has 1 fully saturated rings. The number of aliphatic carboxylic acids is 1. The summed E-state index contributed by atoms with van der Waals surface area (Å²) >= 11 is 0. The second kappa shape index (κ2) is 4.10. The monoisotopic (exact) mass is 167 g/mol. The third-order valence-electron chi connectivity index (χ3n) is 2.53. The maximum atomic E-state index is 10.6. The maximum Gasteiger partial charge on any atom is 0.321 e. The lowest BCUT2D eigenvalue weighted by Crippen LogP contribution is -2.23. The lowest BCUT2D eigenvalue weighted by molar-refractivity contribution is -0.141. The van der Waals surface area contributed by atoms with E-state index in [2.05, 4.69) is 0 Å². The predicted molar refractivity (Wildman–Crippen MR) is 43.3 cm³/mol. The Morgan fingerprint density at radius 3 is 2.42 bits per heavy atom. The first-order chi connectivity index (χ1) is 5.75. The molecule has 66 valence electrons. The van der Waals surface area contributed by atoms with Gasteiger partial charge in [0.1, 0.15) is 5.92 Å². The Balaban J connectivity index is 2.53. The summed E-state index contributed by atoms with van der Waals surface area (Å²) in [6.07, 6.45) is 5.16. The maximum absolute atomic E-state index is 10.6. The minimum absolute atomic E-state index is 0.0984. The van der Waals surface area contributed by atoms with Crippen molar-refractivity contribution in [2.75, 3.05) is 0 Å². The number of carbonyl (C=O) groups is 1. The lowest BCUT2D eigenvalue weighted by atomic mass is 9.81. The van der Waals surface area contributed by atoms with Crippen molar-refractivity contribution in [1.82, 2.24) is 0 Å². The largest absolute Gasteiger partial charge is 0.480 e. The number of carboxylic acids is 1. The van der Waals surface area contributed by atoms with Crippen molar-refractivity contribution in [3.8, 4) is 6.07 Å². The molecule has 0 aromatic rings. The Morgan fingerprint density at radius 2 is 2.00 bits per heavy atom. The van der Waals surface area contributed by atoms with Crippen molar-refractivity contribution >= 4 is 5.97 Å². The predicted octanol–water partition coefficient (Wildman–Crippen LogP) is 1.79. The average Bonchev–Trinajstić information content (AvgIpc) is 2.07. The highest BCUT2D eigenvalue weighted by atomic mass is 16.4. The van der Waals surface area contributed by atoms with Gasteiger partial charge in [-0.05, 0) is 18.8 Å². The summed E-state index contributed by atoms with van der Waals surface area (Å²) < 4.78 is 0. The molecule has 1 aliphatic rings. The zero-order valence-corrected chi connectivity index (χ0v) is 6.99. The number of nitrogens with zero attached hydrogens (tertiary/aromatic N) is 1. The van der Waals surface area contributed by atoms with Crippen LogP contribution in [-0.2, 0) is 4.79 Å². The molecule has 0 heterocycles. The molecular weight excluding hydrogens is 154 g/mol. The second-order valence-electron chi connectivity index (χ2n) is 3.34. The summed E-state index contributed by atoms with van der Waals surface area (Å²) in [4.78, 5) is 10.6. The second-order valence-corrected chi connectivity index (χ2v) is 3.34. The molecule has 0 radical (unpaired) electrons. The highest BCUT2D eigenvalue weighted by Gasteiger charge is 2.28. The molecule has 0 aromatic carbocycles. The molecule has 0 aliphatic heterocycles. The Bertz CT molecular complexity index is 201. The van der Waals surface area contributed by atoms with E-state index in [1.165, 1.54) is 6.42 Å². The van der Waals surface area contributed by atoms with Gasteiger partial charge >= 0.3 is 5.97 Å². The van der Waals surface area contributed by atoms with Crippen LogP contribution in [0.3, 0.4) is 0 Å². The first-order valence-corrected chi connectivity index (χ1v) is 4.38. The topological polar surface area (TPSA) is 61.1 Å². The van der Waals surface area contributed by atoms with E-state index >= 15 is 0 Å². The molecule has 0 saturated heterocycles. The van der Waals surface area contributed by atoms with Crippen molar-refractivity contribution in [2.24, 2.45) is 11.8 Å². The van der Waals surface area contributed by atoms with Gasteiger partial charge < -0.3 is 5.11 Å². The van der Waals surface area contributed by atoms with Crippen LogP contribution in [0.4, 0.5) is 0 Å². The number of hydrogen-bond donors (Lipinski definition) is 1. The molecule has 0 bridgehead atoms. The van der Waals surface area contributed by atoms with Crippen LogP contribution >= 0.6 is 0 Å². The highest BCUT2D eigenvalue weighted by Crippen LogP contribution is 2.29. The van der Waals surface area contributed by atoms with Crippen LogP contribution in [-0.4, -0.2) is 11.1 Å². The van der Waals surface area contributed by atoms with Crippen LogP contribution in [0.15, 0.2) is 0 Å². The van der Waals surface area contributed by atoms with E-state index in [0.717, 1.165) is 25.7 Å². The zero-order valence-electron chi connectivity index (χ0n) is 6.99. The minimum atomic E-state index is -0.954. The molecule has 1 saturated carbocycles. The fourth-order valence-corrected chi connectivity index (χ4v) is 1.83. The molecule has 1 atom stereocenters. The Labute approximate surface area is 72.0 Å². The fourth-order valence-electron chi connectivity index (χ4n) is 1.83. The molecule has 0 unspecified atom stereocenters. The van der Waals surface area contributed by atoms with Crippen LogP contribution in [0.5, 0.6) is 0 Å². The van der Waals surface area contributed by atoms with Gasteiger partial charge in [0.05, 0.1) is 6.07 Å². The molecular formula is C9H13NO2. The summed E-state index contributed by atoms with van der Waals surface area (Å²) in [7, 11) is 0. The van der Waals surface area contributed by atoms with Crippen LogP contribution in [0.1, 0.15) is 32.1 Å². The number of hydrogen-bond acceptors (Lipinski definition) is 2. The van der Waals surface area contributed by atoms with E-state index in [1.54, 1.807) is 0 Å². The molecule has 0 aromatic heterocycles. The van der Waals surface area contributed by atoms with E-state index in [1.807, 2.05) is 6.07 Å². The molecule has 0 amide bonds. The lowest BCUT2D eigenvalue weighted by Gasteiger charge is -2.22. The van der Waals surface area contributed by atoms with Gasteiger partial charge in [-0.1, -0.05) is 19.3 Å². The Kier molecular flexibility index (Phi) is 3.09. The van der Waals surface area contributed by atoms with E-state index < -0.39 is 11.9 Å². The number of rotatable bonds is 2. The van der Waals surface area contributed by atoms with Gasteiger partial charge in [-0.15, -0.1) is 0 Å². The van der Waals surface area contributed by atoms with Gasteiger partial charge in [-0.25, -0.2) is 0 Å². The van der Waals surface area contributed by atoms with Crippen LogP contribution < -0.4 is 0 Å². The summed E-state index contributed by atoms with van der Waals surface area (Å²) in [5, 5.41) is 17.3. The SMILES string of the molecule is N#C[C@@H](C(=O)O)C1CCCCC1. The summed E-state index contributed by atoms with van der Waals surface area (Å²) in [5.74, 6) is -1.63.